The zero-order valence-electron chi connectivity index (χ0n) is 11.9. The maximum absolute atomic E-state index is 5.89. The maximum atomic E-state index is 5.89. The smallest absolute Gasteiger partial charge is 0.193 e. The topological polar surface area (TPSA) is 77.5 Å². The number of hydrogen-bond donors (Lipinski definition) is 2. The van der Waals surface area contributed by atoms with Gasteiger partial charge in [-0.1, -0.05) is 12.1 Å². The molecule has 6 nitrogen and oxygen atoms in total. The van der Waals surface area contributed by atoms with E-state index in [4.69, 9.17) is 10.5 Å². The lowest BCUT2D eigenvalue weighted by Crippen LogP contribution is -2.23. The summed E-state index contributed by atoms with van der Waals surface area (Å²) in [4.78, 5) is 4.31. The van der Waals surface area contributed by atoms with E-state index in [2.05, 4.69) is 15.4 Å². The molecule has 1 aromatic heterocycles. The first kappa shape index (κ1) is 13.9. The van der Waals surface area contributed by atoms with Crippen LogP contribution in [0.1, 0.15) is 11.3 Å². The minimum atomic E-state index is 0.345. The van der Waals surface area contributed by atoms with Crippen molar-refractivity contribution in [2.24, 2.45) is 17.8 Å². The lowest BCUT2D eigenvalue weighted by Gasteiger charge is -2.10. The molecule has 0 amide bonds. The third kappa shape index (κ3) is 3.09. The standard InChI is InChI=1S/C14H19N5O/c1-10-11(9-17-19(10)2)8-16-14(15)18-12-6-4-5-7-13(12)20-3/h4-7,9H,8H2,1-3H3,(H3,15,16,18). The van der Waals surface area contributed by atoms with Gasteiger partial charge in [0.15, 0.2) is 5.96 Å². The first-order valence-corrected chi connectivity index (χ1v) is 6.29. The summed E-state index contributed by atoms with van der Waals surface area (Å²) in [6, 6.07) is 7.55. The zero-order chi connectivity index (χ0) is 14.5. The molecule has 0 aliphatic carbocycles. The van der Waals surface area contributed by atoms with E-state index in [0.717, 1.165) is 22.7 Å². The predicted molar refractivity (Wildman–Crippen MR) is 79.9 cm³/mol. The summed E-state index contributed by atoms with van der Waals surface area (Å²) < 4.78 is 7.06. The van der Waals surface area contributed by atoms with Gasteiger partial charge in [-0.25, -0.2) is 4.99 Å². The number of aliphatic imine (C=N–C) groups is 1. The van der Waals surface area contributed by atoms with Crippen molar-refractivity contribution in [3.8, 4) is 5.75 Å². The second-order valence-corrected chi connectivity index (χ2v) is 4.41. The molecule has 0 unspecified atom stereocenters. The maximum Gasteiger partial charge on any atom is 0.193 e. The molecule has 0 bridgehead atoms. The van der Waals surface area contributed by atoms with E-state index < -0.39 is 0 Å². The van der Waals surface area contributed by atoms with Gasteiger partial charge in [-0.3, -0.25) is 4.68 Å². The average molecular weight is 273 g/mol. The first-order valence-electron chi connectivity index (χ1n) is 6.29. The number of rotatable bonds is 4. The summed E-state index contributed by atoms with van der Waals surface area (Å²) >= 11 is 0. The highest BCUT2D eigenvalue weighted by atomic mass is 16.5. The van der Waals surface area contributed by atoms with Gasteiger partial charge in [0.1, 0.15) is 5.75 Å². The first-order chi connectivity index (χ1) is 9.61. The van der Waals surface area contributed by atoms with Crippen LogP contribution in [0.25, 0.3) is 0 Å². The molecule has 1 heterocycles. The molecule has 6 heteroatoms. The van der Waals surface area contributed by atoms with Crippen LogP contribution in [0.2, 0.25) is 0 Å². The van der Waals surface area contributed by atoms with Crippen LogP contribution < -0.4 is 15.8 Å². The van der Waals surface area contributed by atoms with E-state index >= 15 is 0 Å². The molecule has 0 atom stereocenters. The van der Waals surface area contributed by atoms with E-state index in [1.807, 2.05) is 42.9 Å². The summed E-state index contributed by atoms with van der Waals surface area (Å²) in [5.74, 6) is 1.07. The minimum absolute atomic E-state index is 0.345. The number of nitrogens with two attached hydrogens (primary N) is 1. The van der Waals surface area contributed by atoms with E-state index in [0.29, 0.717) is 12.5 Å². The molecule has 106 valence electrons. The van der Waals surface area contributed by atoms with Crippen LogP contribution in [-0.2, 0) is 13.6 Å². The molecule has 2 rings (SSSR count). The van der Waals surface area contributed by atoms with Crippen LogP contribution in [0.5, 0.6) is 5.75 Å². The largest absolute Gasteiger partial charge is 0.495 e. The predicted octanol–water partition coefficient (Wildman–Crippen LogP) is 1.66. The van der Waals surface area contributed by atoms with Crippen LogP contribution in [0.15, 0.2) is 35.5 Å². The van der Waals surface area contributed by atoms with Gasteiger partial charge in [0.05, 0.1) is 25.5 Å². The molecule has 3 N–H and O–H groups in total. The summed E-state index contributed by atoms with van der Waals surface area (Å²) in [6.07, 6.45) is 1.80. The number of ether oxygens (including phenoxy) is 1. The number of nitrogens with zero attached hydrogens (tertiary/aromatic N) is 3. The van der Waals surface area contributed by atoms with Crippen molar-refractivity contribution in [2.45, 2.75) is 13.5 Å². The molecule has 0 radical (unpaired) electrons. The molecule has 0 saturated heterocycles. The van der Waals surface area contributed by atoms with Gasteiger partial charge in [0.25, 0.3) is 0 Å². The zero-order valence-corrected chi connectivity index (χ0v) is 11.9. The fourth-order valence-corrected chi connectivity index (χ4v) is 1.80. The highest BCUT2D eigenvalue weighted by molar-refractivity contribution is 5.93. The van der Waals surface area contributed by atoms with Gasteiger partial charge in [-0.15, -0.1) is 0 Å². The van der Waals surface area contributed by atoms with E-state index in [9.17, 15) is 0 Å². The van der Waals surface area contributed by atoms with Crippen molar-refractivity contribution < 1.29 is 4.74 Å². The van der Waals surface area contributed by atoms with Crippen LogP contribution >= 0.6 is 0 Å². The third-order valence-electron chi connectivity index (χ3n) is 3.13. The Hall–Kier alpha value is -2.50. The van der Waals surface area contributed by atoms with Gasteiger partial charge >= 0.3 is 0 Å². The van der Waals surface area contributed by atoms with Gasteiger partial charge < -0.3 is 15.8 Å². The Morgan fingerprint density at radius 1 is 1.45 bits per heavy atom. The van der Waals surface area contributed by atoms with Gasteiger partial charge in [0.2, 0.25) is 0 Å². The number of anilines is 1. The Labute approximate surface area is 118 Å². The Kier molecular flexibility index (Phi) is 4.24. The Morgan fingerprint density at radius 3 is 2.85 bits per heavy atom. The van der Waals surface area contributed by atoms with Crippen LogP contribution in [0.3, 0.4) is 0 Å². The Balaban J connectivity index is 2.06. The highest BCUT2D eigenvalue weighted by Gasteiger charge is 2.04. The summed E-state index contributed by atoms with van der Waals surface area (Å²) in [7, 11) is 3.52. The molecule has 0 spiro atoms. The molecular formula is C14H19N5O. The lowest BCUT2D eigenvalue weighted by molar-refractivity contribution is 0.417. The minimum Gasteiger partial charge on any atom is -0.495 e. The van der Waals surface area contributed by atoms with Crippen molar-refractivity contribution >= 4 is 11.6 Å². The van der Waals surface area contributed by atoms with Crippen molar-refractivity contribution in [3.05, 3.63) is 41.7 Å². The normalized spacial score (nSPS) is 11.4. The molecule has 1 aromatic carbocycles. The van der Waals surface area contributed by atoms with E-state index in [1.54, 1.807) is 13.3 Å². The molecule has 0 aliphatic rings. The van der Waals surface area contributed by atoms with Crippen molar-refractivity contribution in [3.63, 3.8) is 0 Å². The van der Waals surface area contributed by atoms with Crippen molar-refractivity contribution in [2.75, 3.05) is 12.4 Å². The summed E-state index contributed by atoms with van der Waals surface area (Å²) in [6.45, 7) is 2.50. The molecule has 0 saturated carbocycles. The molecule has 0 fully saturated rings. The number of benzene rings is 1. The number of methoxy groups -OCH3 is 1. The second-order valence-electron chi connectivity index (χ2n) is 4.41. The van der Waals surface area contributed by atoms with Crippen LogP contribution in [0.4, 0.5) is 5.69 Å². The molecule has 20 heavy (non-hydrogen) atoms. The average Bonchev–Trinajstić information content (AvgIpc) is 2.77. The molecule has 0 aliphatic heterocycles. The van der Waals surface area contributed by atoms with Crippen molar-refractivity contribution in [1.29, 1.82) is 0 Å². The number of hydrogen-bond acceptors (Lipinski definition) is 3. The number of aromatic nitrogens is 2. The Bertz CT molecular complexity index is 618. The Morgan fingerprint density at radius 2 is 2.20 bits per heavy atom. The highest BCUT2D eigenvalue weighted by Crippen LogP contribution is 2.22. The second kappa shape index (κ2) is 6.10. The number of para-hydroxylation sites is 2. The van der Waals surface area contributed by atoms with E-state index in [-0.39, 0.29) is 0 Å². The summed E-state index contributed by atoms with van der Waals surface area (Å²) in [5.41, 5.74) is 8.82. The lowest BCUT2D eigenvalue weighted by atomic mass is 10.2. The fourth-order valence-electron chi connectivity index (χ4n) is 1.80. The number of aryl methyl sites for hydroxylation is 1. The van der Waals surface area contributed by atoms with Gasteiger partial charge in [-0.05, 0) is 19.1 Å². The third-order valence-corrected chi connectivity index (χ3v) is 3.13. The van der Waals surface area contributed by atoms with Crippen LogP contribution in [0, 0.1) is 6.92 Å². The monoisotopic (exact) mass is 273 g/mol. The van der Waals surface area contributed by atoms with E-state index in [1.165, 1.54) is 0 Å². The summed E-state index contributed by atoms with van der Waals surface area (Å²) in [5, 5.41) is 7.21. The number of nitrogens with one attached hydrogen (secondary N) is 1. The van der Waals surface area contributed by atoms with Crippen molar-refractivity contribution in [1.82, 2.24) is 9.78 Å². The molecular weight excluding hydrogens is 254 g/mol. The molecule has 2 aromatic rings. The van der Waals surface area contributed by atoms with Gasteiger partial charge in [0, 0.05) is 18.3 Å². The number of guanidine groups is 1. The quantitative estimate of drug-likeness (QED) is 0.656. The fraction of sp³-hybridized carbons (Fsp3) is 0.286. The SMILES string of the molecule is COc1ccccc1NC(N)=NCc1cnn(C)c1C. The van der Waals surface area contributed by atoms with Crippen LogP contribution in [-0.4, -0.2) is 22.8 Å². The van der Waals surface area contributed by atoms with Gasteiger partial charge in [-0.2, -0.15) is 5.10 Å².